The van der Waals surface area contributed by atoms with Gasteiger partial charge in [-0.3, -0.25) is 0 Å². The zero-order valence-electron chi connectivity index (χ0n) is 15.3. The minimum Gasteiger partial charge on any atom is -0.444 e. The molecule has 1 heterocycles. The van der Waals surface area contributed by atoms with Crippen molar-refractivity contribution in [1.82, 2.24) is 10.2 Å². The summed E-state index contributed by atoms with van der Waals surface area (Å²) in [6.07, 6.45) is 8.21. The topological polar surface area (TPSA) is 50.8 Å². The van der Waals surface area contributed by atoms with Crippen molar-refractivity contribution in [2.75, 3.05) is 20.2 Å². The smallest absolute Gasteiger partial charge is 0.410 e. The molecule has 1 aliphatic carbocycles. The molecule has 0 radical (unpaired) electrons. The molecule has 1 aliphatic heterocycles. The molecule has 0 aromatic carbocycles. The Morgan fingerprint density at radius 3 is 2.43 bits per heavy atom. The number of nitrogens with zero attached hydrogens (tertiary/aromatic N) is 1. The van der Waals surface area contributed by atoms with Crippen LogP contribution in [0.2, 0.25) is 0 Å². The maximum absolute atomic E-state index is 12.4. The predicted molar refractivity (Wildman–Crippen MR) is 91.6 cm³/mol. The molecule has 0 spiro atoms. The summed E-state index contributed by atoms with van der Waals surface area (Å²) in [7, 11) is 1.80. The summed E-state index contributed by atoms with van der Waals surface area (Å²) < 4.78 is 11.0. The van der Waals surface area contributed by atoms with Gasteiger partial charge in [-0.1, -0.05) is 0 Å². The van der Waals surface area contributed by atoms with Crippen molar-refractivity contribution < 1.29 is 14.3 Å². The number of methoxy groups -OCH3 is 1. The van der Waals surface area contributed by atoms with Gasteiger partial charge in [0.2, 0.25) is 0 Å². The summed E-state index contributed by atoms with van der Waals surface area (Å²) in [5.74, 6) is 0. The first-order valence-corrected chi connectivity index (χ1v) is 9.15. The number of carbonyl (C=O) groups is 1. The Morgan fingerprint density at radius 2 is 1.83 bits per heavy atom. The summed E-state index contributed by atoms with van der Waals surface area (Å²) in [5, 5.41) is 3.68. The molecule has 134 valence electrons. The summed E-state index contributed by atoms with van der Waals surface area (Å²) in [5.41, 5.74) is -0.426. The van der Waals surface area contributed by atoms with Gasteiger partial charge in [0.25, 0.3) is 0 Å². The van der Waals surface area contributed by atoms with Gasteiger partial charge in [0, 0.05) is 32.3 Å². The van der Waals surface area contributed by atoms with E-state index in [1.54, 1.807) is 7.11 Å². The second kappa shape index (κ2) is 8.34. The number of ether oxygens (including phenoxy) is 2. The highest BCUT2D eigenvalue weighted by molar-refractivity contribution is 5.68. The normalized spacial score (nSPS) is 29.4. The van der Waals surface area contributed by atoms with Crippen LogP contribution in [0.15, 0.2) is 0 Å². The number of rotatable bonds is 4. The molecule has 1 saturated heterocycles. The molecule has 0 aromatic heterocycles. The average Bonchev–Trinajstić information content (AvgIpc) is 2.52. The van der Waals surface area contributed by atoms with E-state index in [4.69, 9.17) is 9.47 Å². The molecule has 0 aromatic rings. The monoisotopic (exact) mass is 326 g/mol. The van der Waals surface area contributed by atoms with Gasteiger partial charge in [0.05, 0.1) is 6.10 Å². The van der Waals surface area contributed by atoms with Crippen molar-refractivity contribution in [3.8, 4) is 0 Å². The van der Waals surface area contributed by atoms with Gasteiger partial charge in [-0.2, -0.15) is 0 Å². The number of piperidine rings is 1. The lowest BCUT2D eigenvalue weighted by molar-refractivity contribution is 0.00908. The van der Waals surface area contributed by atoms with E-state index in [1.807, 2.05) is 25.7 Å². The molecular weight excluding hydrogens is 292 g/mol. The molecular formula is C18H34N2O3. The van der Waals surface area contributed by atoms with Crippen LogP contribution >= 0.6 is 0 Å². The average molecular weight is 326 g/mol. The number of hydrogen-bond acceptors (Lipinski definition) is 4. The third-order valence-electron chi connectivity index (χ3n) is 4.90. The van der Waals surface area contributed by atoms with E-state index in [1.165, 1.54) is 6.42 Å². The number of amides is 1. The minimum absolute atomic E-state index is 0.160. The number of hydrogen-bond donors (Lipinski definition) is 1. The standard InChI is InChI=1S/C18H34N2O3/c1-18(2,3)23-17(21)20-12-6-5-7-15(20)13-19-14-8-10-16(22-4)11-9-14/h14-16,19H,5-13H2,1-4H3. The fourth-order valence-corrected chi connectivity index (χ4v) is 3.58. The SMILES string of the molecule is COC1CCC(NCC2CCCCN2C(=O)OC(C)(C)C)CC1. The lowest BCUT2D eigenvalue weighted by Gasteiger charge is -2.38. The second-order valence-electron chi connectivity index (χ2n) is 7.94. The molecule has 0 bridgehead atoms. The van der Waals surface area contributed by atoms with E-state index in [0.29, 0.717) is 12.1 Å². The summed E-state index contributed by atoms with van der Waals surface area (Å²) in [4.78, 5) is 14.3. The lowest BCUT2D eigenvalue weighted by Crippen LogP contribution is -2.51. The van der Waals surface area contributed by atoms with Crippen LogP contribution < -0.4 is 5.32 Å². The molecule has 5 heteroatoms. The fraction of sp³-hybridized carbons (Fsp3) is 0.944. The molecule has 2 rings (SSSR count). The van der Waals surface area contributed by atoms with Gasteiger partial charge in [-0.05, 0) is 65.7 Å². The third kappa shape index (κ3) is 5.96. The highest BCUT2D eigenvalue weighted by Gasteiger charge is 2.31. The number of nitrogens with one attached hydrogen (secondary N) is 1. The first kappa shape index (κ1) is 18.5. The lowest BCUT2D eigenvalue weighted by atomic mass is 9.92. The Morgan fingerprint density at radius 1 is 1.13 bits per heavy atom. The van der Waals surface area contributed by atoms with E-state index in [2.05, 4.69) is 5.32 Å². The van der Waals surface area contributed by atoms with Crippen LogP contribution in [-0.2, 0) is 9.47 Å². The molecule has 2 aliphatic rings. The van der Waals surface area contributed by atoms with Crippen molar-refractivity contribution >= 4 is 6.09 Å². The first-order valence-electron chi connectivity index (χ1n) is 9.15. The van der Waals surface area contributed by atoms with Gasteiger partial charge in [0.15, 0.2) is 0 Å². The van der Waals surface area contributed by atoms with Gasteiger partial charge < -0.3 is 19.7 Å². The fourth-order valence-electron chi connectivity index (χ4n) is 3.58. The maximum Gasteiger partial charge on any atom is 0.410 e. The maximum atomic E-state index is 12.4. The zero-order valence-corrected chi connectivity index (χ0v) is 15.3. The van der Waals surface area contributed by atoms with Crippen LogP contribution in [0.1, 0.15) is 65.7 Å². The van der Waals surface area contributed by atoms with Crippen LogP contribution in [0.3, 0.4) is 0 Å². The van der Waals surface area contributed by atoms with Gasteiger partial charge in [-0.15, -0.1) is 0 Å². The van der Waals surface area contributed by atoms with Crippen LogP contribution in [0.25, 0.3) is 0 Å². The Bertz CT molecular complexity index is 373. The van der Waals surface area contributed by atoms with Crippen molar-refractivity contribution in [2.45, 2.75) is 89.5 Å². The quantitative estimate of drug-likeness (QED) is 0.861. The van der Waals surface area contributed by atoms with Crippen LogP contribution in [0.4, 0.5) is 4.79 Å². The predicted octanol–water partition coefficient (Wildman–Crippen LogP) is 3.32. The minimum atomic E-state index is -0.426. The van der Waals surface area contributed by atoms with E-state index >= 15 is 0 Å². The summed E-state index contributed by atoms with van der Waals surface area (Å²) in [6, 6.07) is 0.822. The zero-order chi connectivity index (χ0) is 16.9. The summed E-state index contributed by atoms with van der Waals surface area (Å²) >= 11 is 0. The van der Waals surface area contributed by atoms with Crippen LogP contribution in [0.5, 0.6) is 0 Å². The van der Waals surface area contributed by atoms with Crippen molar-refractivity contribution in [1.29, 1.82) is 0 Å². The van der Waals surface area contributed by atoms with Gasteiger partial charge >= 0.3 is 6.09 Å². The molecule has 1 atom stereocenters. The Hall–Kier alpha value is -0.810. The van der Waals surface area contributed by atoms with E-state index in [0.717, 1.165) is 51.6 Å². The highest BCUT2D eigenvalue weighted by atomic mass is 16.6. The van der Waals surface area contributed by atoms with E-state index in [9.17, 15) is 4.79 Å². The molecule has 5 nitrogen and oxygen atoms in total. The second-order valence-corrected chi connectivity index (χ2v) is 7.94. The molecule has 1 amide bonds. The Labute approximate surface area is 141 Å². The van der Waals surface area contributed by atoms with Crippen LogP contribution in [-0.4, -0.2) is 55.0 Å². The first-order chi connectivity index (χ1) is 10.9. The van der Waals surface area contributed by atoms with Crippen molar-refractivity contribution in [2.24, 2.45) is 0 Å². The Balaban J connectivity index is 1.81. The number of likely N-dealkylation sites (tertiary alicyclic amines) is 1. The largest absolute Gasteiger partial charge is 0.444 e. The molecule has 2 fully saturated rings. The van der Waals surface area contributed by atoms with Crippen molar-refractivity contribution in [3.05, 3.63) is 0 Å². The molecule has 1 saturated carbocycles. The number of carbonyl (C=O) groups excluding carboxylic acids is 1. The molecule has 1 unspecified atom stereocenters. The Kier molecular flexibility index (Phi) is 6.72. The van der Waals surface area contributed by atoms with Gasteiger partial charge in [-0.25, -0.2) is 4.79 Å². The summed E-state index contributed by atoms with van der Waals surface area (Å²) in [6.45, 7) is 7.47. The highest BCUT2D eigenvalue weighted by Crippen LogP contribution is 2.23. The van der Waals surface area contributed by atoms with E-state index < -0.39 is 5.60 Å². The van der Waals surface area contributed by atoms with Crippen molar-refractivity contribution in [3.63, 3.8) is 0 Å². The van der Waals surface area contributed by atoms with Crippen LogP contribution in [0, 0.1) is 0 Å². The molecule has 1 N–H and O–H groups in total. The third-order valence-corrected chi connectivity index (χ3v) is 4.90. The van der Waals surface area contributed by atoms with Gasteiger partial charge in [0.1, 0.15) is 5.60 Å². The molecule has 23 heavy (non-hydrogen) atoms. The van der Waals surface area contributed by atoms with E-state index in [-0.39, 0.29) is 12.1 Å².